The van der Waals surface area contributed by atoms with Gasteiger partial charge < -0.3 is 14.2 Å². The average molecular weight is 350 g/mol. The molecule has 0 fully saturated rings. The van der Waals surface area contributed by atoms with E-state index in [0.717, 1.165) is 34.0 Å². The molecule has 2 aromatic rings. The highest BCUT2D eigenvalue weighted by Gasteiger charge is 2.39. The molecule has 0 heterocycles. The monoisotopic (exact) mass is 350 g/mol. The molecule has 3 heteroatoms. The first kappa shape index (κ1) is 18.1. The Morgan fingerprint density at radius 1 is 0.885 bits per heavy atom. The van der Waals surface area contributed by atoms with Crippen molar-refractivity contribution < 1.29 is 14.2 Å². The quantitative estimate of drug-likeness (QED) is 0.533. The molecular weight excluding hydrogens is 324 g/mol. The van der Waals surface area contributed by atoms with Crippen LogP contribution in [0.2, 0.25) is 0 Å². The van der Waals surface area contributed by atoms with Crippen LogP contribution in [0.1, 0.15) is 47.9 Å². The predicted molar refractivity (Wildman–Crippen MR) is 105 cm³/mol. The number of rotatable bonds is 5. The Balaban J connectivity index is 2.44. The standard InChI is InChI=1S/C23H26O3/c1-7-17(24-4)23-21-15(10-8-12-18(21)25-5)20(14(2)3)16-11-9-13-19(26-6)22(16)23/h7-13,20,23H,2H2,1,3-6H3/b17-7+. The van der Waals surface area contributed by atoms with Crippen LogP contribution in [0.4, 0.5) is 0 Å². The van der Waals surface area contributed by atoms with E-state index in [0.29, 0.717) is 0 Å². The molecule has 0 bridgehead atoms. The highest BCUT2D eigenvalue weighted by molar-refractivity contribution is 5.65. The minimum atomic E-state index is -0.0853. The van der Waals surface area contributed by atoms with Gasteiger partial charge in [0.1, 0.15) is 17.3 Å². The van der Waals surface area contributed by atoms with E-state index in [4.69, 9.17) is 14.2 Å². The molecule has 1 aliphatic carbocycles. The molecule has 2 aromatic carbocycles. The normalized spacial score (nSPS) is 18.6. The van der Waals surface area contributed by atoms with Crippen molar-refractivity contribution in [2.24, 2.45) is 0 Å². The Bertz CT molecular complexity index is 808. The third-order valence-electron chi connectivity index (χ3n) is 5.14. The summed E-state index contributed by atoms with van der Waals surface area (Å²) in [4.78, 5) is 0. The third kappa shape index (κ3) is 2.68. The van der Waals surface area contributed by atoms with Gasteiger partial charge in [-0.05, 0) is 43.2 Å². The molecule has 3 nitrogen and oxygen atoms in total. The van der Waals surface area contributed by atoms with Crippen LogP contribution in [-0.2, 0) is 4.74 Å². The van der Waals surface area contributed by atoms with Crippen molar-refractivity contribution in [3.63, 3.8) is 0 Å². The van der Waals surface area contributed by atoms with Crippen LogP contribution in [0, 0.1) is 0 Å². The molecule has 0 aliphatic heterocycles. The predicted octanol–water partition coefficient (Wildman–Crippen LogP) is 5.41. The molecule has 0 radical (unpaired) electrons. The first-order valence-electron chi connectivity index (χ1n) is 8.78. The molecule has 136 valence electrons. The number of hydrogen-bond donors (Lipinski definition) is 0. The van der Waals surface area contributed by atoms with Crippen molar-refractivity contribution in [3.8, 4) is 11.5 Å². The van der Waals surface area contributed by atoms with Crippen molar-refractivity contribution in [1.29, 1.82) is 0 Å². The number of fused-ring (bicyclic) bond motifs is 2. The molecule has 1 aliphatic rings. The zero-order valence-electron chi connectivity index (χ0n) is 16.1. The highest BCUT2D eigenvalue weighted by atomic mass is 16.5. The van der Waals surface area contributed by atoms with Crippen LogP contribution in [0.15, 0.2) is 60.4 Å². The lowest BCUT2D eigenvalue weighted by atomic mass is 9.69. The van der Waals surface area contributed by atoms with E-state index < -0.39 is 0 Å². The molecule has 0 unspecified atom stereocenters. The summed E-state index contributed by atoms with van der Waals surface area (Å²) in [6.45, 7) is 8.34. The van der Waals surface area contributed by atoms with Crippen molar-refractivity contribution in [3.05, 3.63) is 82.6 Å². The average Bonchev–Trinajstić information content (AvgIpc) is 2.66. The Hall–Kier alpha value is -2.68. The summed E-state index contributed by atoms with van der Waals surface area (Å²) in [6.07, 6.45) is 2.01. The summed E-state index contributed by atoms with van der Waals surface area (Å²) < 4.78 is 17.3. The third-order valence-corrected chi connectivity index (χ3v) is 5.14. The molecule has 0 aromatic heterocycles. The second-order valence-corrected chi connectivity index (χ2v) is 6.53. The zero-order valence-corrected chi connectivity index (χ0v) is 16.1. The zero-order chi connectivity index (χ0) is 18.8. The van der Waals surface area contributed by atoms with Crippen molar-refractivity contribution in [2.45, 2.75) is 25.7 Å². The Kier molecular flexibility index (Phi) is 5.08. The van der Waals surface area contributed by atoms with E-state index in [1.54, 1.807) is 21.3 Å². The Morgan fingerprint density at radius 2 is 1.38 bits per heavy atom. The van der Waals surface area contributed by atoms with Gasteiger partial charge in [0, 0.05) is 17.0 Å². The van der Waals surface area contributed by atoms with Crippen LogP contribution in [0.5, 0.6) is 11.5 Å². The maximum atomic E-state index is 5.77. The van der Waals surface area contributed by atoms with Gasteiger partial charge in [0.15, 0.2) is 0 Å². The van der Waals surface area contributed by atoms with Crippen LogP contribution in [0.25, 0.3) is 0 Å². The molecule has 0 spiro atoms. The van der Waals surface area contributed by atoms with E-state index in [2.05, 4.69) is 25.6 Å². The SMILES string of the molecule is C=C(C)C1c2cccc(OC)c2C(/C(=C\C)OC)c2c(OC)cccc21. The molecule has 0 amide bonds. The molecule has 26 heavy (non-hydrogen) atoms. The Morgan fingerprint density at radius 3 is 1.73 bits per heavy atom. The van der Waals surface area contributed by atoms with Crippen LogP contribution < -0.4 is 9.47 Å². The maximum absolute atomic E-state index is 5.77. The van der Waals surface area contributed by atoms with Gasteiger partial charge in [-0.1, -0.05) is 36.4 Å². The summed E-state index contributed by atoms with van der Waals surface area (Å²) in [7, 11) is 5.13. The second kappa shape index (κ2) is 7.28. The molecule has 3 rings (SSSR count). The van der Waals surface area contributed by atoms with Crippen molar-refractivity contribution >= 4 is 0 Å². The Labute approximate surface area is 155 Å². The number of allylic oxidation sites excluding steroid dienone is 3. The largest absolute Gasteiger partial charge is 0.500 e. The van der Waals surface area contributed by atoms with Gasteiger partial charge in [0.2, 0.25) is 0 Å². The fraction of sp³-hybridized carbons (Fsp3) is 0.304. The van der Waals surface area contributed by atoms with Gasteiger partial charge in [-0.2, -0.15) is 0 Å². The number of benzene rings is 2. The van der Waals surface area contributed by atoms with Gasteiger partial charge in [-0.25, -0.2) is 0 Å². The molecule has 0 saturated heterocycles. The number of ether oxygens (including phenoxy) is 3. The van der Waals surface area contributed by atoms with Gasteiger partial charge in [0.25, 0.3) is 0 Å². The lowest BCUT2D eigenvalue weighted by molar-refractivity contribution is 0.266. The summed E-state index contributed by atoms with van der Waals surface area (Å²) in [5.74, 6) is 2.59. The van der Waals surface area contributed by atoms with Crippen LogP contribution in [0.3, 0.4) is 0 Å². The van der Waals surface area contributed by atoms with E-state index >= 15 is 0 Å². The van der Waals surface area contributed by atoms with Gasteiger partial charge in [-0.3, -0.25) is 0 Å². The molecule has 0 N–H and O–H groups in total. The van der Waals surface area contributed by atoms with E-state index in [9.17, 15) is 0 Å². The van der Waals surface area contributed by atoms with E-state index in [1.807, 2.05) is 37.3 Å². The van der Waals surface area contributed by atoms with Crippen LogP contribution in [-0.4, -0.2) is 21.3 Å². The lowest BCUT2D eigenvalue weighted by Crippen LogP contribution is -2.22. The smallest absolute Gasteiger partial charge is 0.123 e. The summed E-state index contributed by atoms with van der Waals surface area (Å²) in [5.41, 5.74) is 5.75. The van der Waals surface area contributed by atoms with Gasteiger partial charge in [-0.15, -0.1) is 0 Å². The number of hydrogen-bond acceptors (Lipinski definition) is 3. The van der Waals surface area contributed by atoms with Gasteiger partial charge >= 0.3 is 0 Å². The second-order valence-electron chi connectivity index (χ2n) is 6.53. The van der Waals surface area contributed by atoms with Crippen LogP contribution >= 0.6 is 0 Å². The first-order chi connectivity index (χ1) is 12.6. The fourth-order valence-corrected chi connectivity index (χ4v) is 4.13. The fourth-order valence-electron chi connectivity index (χ4n) is 4.13. The minimum absolute atomic E-state index is 0.0853. The molecule has 0 saturated carbocycles. The van der Waals surface area contributed by atoms with E-state index in [1.165, 1.54) is 11.1 Å². The summed E-state index contributed by atoms with van der Waals surface area (Å²) in [6, 6.07) is 12.4. The minimum Gasteiger partial charge on any atom is -0.500 e. The lowest BCUT2D eigenvalue weighted by Gasteiger charge is -2.36. The first-order valence-corrected chi connectivity index (χ1v) is 8.78. The van der Waals surface area contributed by atoms with Crippen molar-refractivity contribution in [2.75, 3.05) is 21.3 Å². The summed E-state index contributed by atoms with van der Waals surface area (Å²) >= 11 is 0. The summed E-state index contributed by atoms with van der Waals surface area (Å²) in [5, 5.41) is 0. The van der Waals surface area contributed by atoms with E-state index in [-0.39, 0.29) is 11.8 Å². The molecular formula is C23H26O3. The highest BCUT2D eigenvalue weighted by Crippen LogP contribution is 2.53. The topological polar surface area (TPSA) is 27.7 Å². The number of methoxy groups -OCH3 is 3. The maximum Gasteiger partial charge on any atom is 0.123 e. The molecule has 0 atom stereocenters. The van der Waals surface area contributed by atoms with Crippen molar-refractivity contribution in [1.82, 2.24) is 0 Å². The van der Waals surface area contributed by atoms with Gasteiger partial charge in [0.05, 0.1) is 27.2 Å².